The number of hydrogen-bond acceptors (Lipinski definition) is 2. The van der Waals surface area contributed by atoms with Gasteiger partial charge in [-0.3, -0.25) is 0 Å². The monoisotopic (exact) mass is 237 g/mol. The molecule has 0 bridgehead atoms. The highest BCUT2D eigenvalue weighted by atomic mass is 32.1. The summed E-state index contributed by atoms with van der Waals surface area (Å²) in [6, 6.07) is 0. The summed E-state index contributed by atoms with van der Waals surface area (Å²) in [4.78, 5) is 5.92. The molecule has 1 heterocycles. The molecule has 1 aromatic rings. The first-order chi connectivity index (χ1) is 7.57. The smallest absolute Gasteiger partial charge is 0.0896 e. The van der Waals surface area contributed by atoms with Gasteiger partial charge in [0.2, 0.25) is 0 Å². The van der Waals surface area contributed by atoms with Crippen LogP contribution in [0, 0.1) is 12.3 Å². The lowest BCUT2D eigenvalue weighted by Crippen LogP contribution is -2.15. The lowest BCUT2D eigenvalue weighted by molar-refractivity contribution is 0.255. The predicted molar refractivity (Wildman–Crippen MR) is 71.1 cm³/mol. The molecule has 1 aliphatic carbocycles. The first kappa shape index (κ1) is 12.1. The van der Waals surface area contributed by atoms with Gasteiger partial charge in [-0.25, -0.2) is 4.98 Å². The van der Waals surface area contributed by atoms with Crippen molar-refractivity contribution in [1.29, 1.82) is 0 Å². The number of thiazole rings is 1. The molecule has 2 heteroatoms. The van der Waals surface area contributed by atoms with Crippen LogP contribution in [0.25, 0.3) is 0 Å². The molecule has 16 heavy (non-hydrogen) atoms. The number of aromatic nitrogens is 1. The van der Waals surface area contributed by atoms with Gasteiger partial charge in [0.05, 0.1) is 5.01 Å². The van der Waals surface area contributed by atoms with Crippen molar-refractivity contribution in [3.8, 4) is 0 Å². The molecule has 1 aliphatic rings. The Bertz CT molecular complexity index is 340. The number of nitrogens with zero attached hydrogens (tertiary/aromatic N) is 1. The lowest BCUT2D eigenvalue weighted by Gasteiger charge is -2.30. The van der Waals surface area contributed by atoms with Crippen LogP contribution >= 0.6 is 11.3 Å². The van der Waals surface area contributed by atoms with Gasteiger partial charge < -0.3 is 0 Å². The second-order valence-corrected chi connectivity index (χ2v) is 7.19. The minimum Gasteiger partial charge on any atom is -0.250 e. The maximum atomic E-state index is 4.40. The lowest BCUT2D eigenvalue weighted by atomic mass is 9.76. The van der Waals surface area contributed by atoms with Crippen LogP contribution in [-0.4, -0.2) is 4.98 Å². The summed E-state index contributed by atoms with van der Waals surface area (Å²) < 4.78 is 0. The van der Waals surface area contributed by atoms with Crippen molar-refractivity contribution in [1.82, 2.24) is 4.98 Å². The molecule has 0 radical (unpaired) electrons. The molecule has 0 N–H and O–H groups in total. The quantitative estimate of drug-likeness (QED) is 0.676. The van der Waals surface area contributed by atoms with Gasteiger partial charge in [-0.15, -0.1) is 11.3 Å². The van der Waals surface area contributed by atoms with Crippen molar-refractivity contribution in [3.63, 3.8) is 0 Å². The molecule has 0 amide bonds. The molecular formula is C14H23NS. The summed E-state index contributed by atoms with van der Waals surface area (Å²) in [5.41, 5.74) is 0.554. The molecule has 0 aliphatic heterocycles. The van der Waals surface area contributed by atoms with Gasteiger partial charge in [-0.2, -0.15) is 0 Å². The fourth-order valence-corrected chi connectivity index (χ4v) is 3.63. The maximum absolute atomic E-state index is 4.40. The predicted octanol–water partition coefficient (Wildman–Crippen LogP) is 4.92. The van der Waals surface area contributed by atoms with Gasteiger partial charge in [0.25, 0.3) is 0 Å². The van der Waals surface area contributed by atoms with Gasteiger partial charge in [0.15, 0.2) is 0 Å². The van der Waals surface area contributed by atoms with Gasteiger partial charge in [0, 0.05) is 11.1 Å². The summed E-state index contributed by atoms with van der Waals surface area (Å²) in [6.45, 7) is 6.96. The van der Waals surface area contributed by atoms with Crippen LogP contribution in [0.2, 0.25) is 0 Å². The Balaban J connectivity index is 2.04. The Hall–Kier alpha value is -0.370. The molecule has 90 valence electrons. The largest absolute Gasteiger partial charge is 0.250 e. The normalized spacial score (nSPS) is 26.1. The Morgan fingerprint density at radius 2 is 2.06 bits per heavy atom. The van der Waals surface area contributed by atoms with Crippen LogP contribution < -0.4 is 0 Å². The Labute approximate surface area is 103 Å². The molecule has 2 rings (SSSR count). The van der Waals surface area contributed by atoms with Gasteiger partial charge in [0.1, 0.15) is 0 Å². The van der Waals surface area contributed by atoms with E-state index in [-0.39, 0.29) is 0 Å². The fraction of sp³-hybridized carbons (Fsp3) is 0.786. The van der Waals surface area contributed by atoms with Gasteiger partial charge in [-0.05, 0) is 43.9 Å². The minimum atomic E-state index is 0.554. The van der Waals surface area contributed by atoms with Gasteiger partial charge >= 0.3 is 0 Å². The van der Waals surface area contributed by atoms with E-state index in [1.165, 1.54) is 48.4 Å². The van der Waals surface area contributed by atoms with E-state index in [0.29, 0.717) is 5.41 Å². The highest BCUT2D eigenvalue weighted by Crippen LogP contribution is 2.39. The third-order valence-electron chi connectivity index (χ3n) is 3.87. The molecule has 1 saturated carbocycles. The third-order valence-corrected chi connectivity index (χ3v) is 4.94. The molecule has 1 fully saturated rings. The standard InChI is InChI=1S/C14H23NS/c1-11-15-10-13(16-11)12-6-4-5-8-14(2,3)9-7-12/h10,12H,4-9H2,1-3H3. The SMILES string of the molecule is Cc1ncc(C2CCCCC(C)(C)CC2)s1. The first-order valence-electron chi connectivity index (χ1n) is 6.49. The molecule has 0 saturated heterocycles. The fourth-order valence-electron chi connectivity index (χ4n) is 2.68. The summed E-state index contributed by atoms with van der Waals surface area (Å²) >= 11 is 1.90. The summed E-state index contributed by atoms with van der Waals surface area (Å²) in [7, 11) is 0. The Morgan fingerprint density at radius 3 is 2.75 bits per heavy atom. The van der Waals surface area contributed by atoms with Crippen LogP contribution in [0.1, 0.15) is 68.2 Å². The van der Waals surface area contributed by atoms with Crippen LogP contribution in [0.3, 0.4) is 0 Å². The van der Waals surface area contributed by atoms with E-state index in [2.05, 4.69) is 32.0 Å². The topological polar surface area (TPSA) is 12.9 Å². The van der Waals surface area contributed by atoms with E-state index in [9.17, 15) is 0 Å². The molecule has 0 aromatic carbocycles. The van der Waals surface area contributed by atoms with E-state index in [4.69, 9.17) is 0 Å². The summed E-state index contributed by atoms with van der Waals surface area (Å²) in [6.07, 6.45) is 10.4. The number of rotatable bonds is 1. The number of hydrogen-bond donors (Lipinski definition) is 0. The average Bonchev–Trinajstić information content (AvgIpc) is 2.60. The van der Waals surface area contributed by atoms with Gasteiger partial charge in [-0.1, -0.05) is 26.7 Å². The Kier molecular flexibility index (Phi) is 3.68. The highest BCUT2D eigenvalue weighted by Gasteiger charge is 2.24. The zero-order valence-corrected chi connectivity index (χ0v) is 11.6. The van der Waals surface area contributed by atoms with Crippen molar-refractivity contribution >= 4 is 11.3 Å². The second-order valence-electron chi connectivity index (χ2n) is 5.93. The third kappa shape index (κ3) is 3.07. The average molecular weight is 237 g/mol. The van der Waals surface area contributed by atoms with Crippen LogP contribution in [0.15, 0.2) is 6.20 Å². The molecule has 1 unspecified atom stereocenters. The van der Waals surface area contributed by atoms with Crippen molar-refractivity contribution in [3.05, 3.63) is 16.1 Å². The number of aryl methyl sites for hydroxylation is 1. The van der Waals surface area contributed by atoms with E-state index in [1.807, 2.05) is 11.3 Å². The van der Waals surface area contributed by atoms with Crippen LogP contribution in [-0.2, 0) is 0 Å². The van der Waals surface area contributed by atoms with E-state index < -0.39 is 0 Å². The van der Waals surface area contributed by atoms with E-state index in [1.54, 1.807) is 0 Å². The van der Waals surface area contributed by atoms with Crippen molar-refractivity contribution in [2.45, 2.75) is 65.2 Å². The molecule has 1 nitrogen and oxygen atoms in total. The minimum absolute atomic E-state index is 0.554. The van der Waals surface area contributed by atoms with Crippen molar-refractivity contribution in [2.75, 3.05) is 0 Å². The van der Waals surface area contributed by atoms with Crippen molar-refractivity contribution in [2.24, 2.45) is 5.41 Å². The molecule has 1 aromatic heterocycles. The van der Waals surface area contributed by atoms with Crippen LogP contribution in [0.4, 0.5) is 0 Å². The zero-order chi connectivity index (χ0) is 11.6. The first-order valence-corrected chi connectivity index (χ1v) is 7.31. The van der Waals surface area contributed by atoms with E-state index in [0.717, 1.165) is 5.92 Å². The zero-order valence-electron chi connectivity index (χ0n) is 10.8. The highest BCUT2D eigenvalue weighted by molar-refractivity contribution is 7.11. The second kappa shape index (κ2) is 4.87. The van der Waals surface area contributed by atoms with Crippen LogP contribution in [0.5, 0.6) is 0 Å². The maximum Gasteiger partial charge on any atom is 0.0896 e. The summed E-state index contributed by atoms with van der Waals surface area (Å²) in [5, 5.41) is 1.22. The summed E-state index contributed by atoms with van der Waals surface area (Å²) in [5.74, 6) is 0.783. The Morgan fingerprint density at radius 1 is 1.25 bits per heavy atom. The van der Waals surface area contributed by atoms with Crippen molar-refractivity contribution < 1.29 is 0 Å². The molecule has 0 spiro atoms. The molecular weight excluding hydrogens is 214 g/mol. The molecule has 1 atom stereocenters. The van der Waals surface area contributed by atoms with E-state index >= 15 is 0 Å².